The number of nitrogens with zero attached hydrogens (tertiary/aromatic N) is 4. The third-order valence-corrected chi connectivity index (χ3v) is 17.2. The Morgan fingerprint density at radius 3 is 2.52 bits per heavy atom. The van der Waals surface area contributed by atoms with Crippen LogP contribution in [-0.2, 0) is 14.3 Å². The summed E-state index contributed by atoms with van der Waals surface area (Å²) < 4.78 is 16.5. The molecule has 0 radical (unpaired) electrons. The Hall–Kier alpha value is -2.30. The molecule has 7 rings (SSSR count). The van der Waals surface area contributed by atoms with Gasteiger partial charge in [-0.25, -0.2) is 9.67 Å². The summed E-state index contributed by atoms with van der Waals surface area (Å²) in [4.78, 5) is 23.2. The van der Waals surface area contributed by atoms with Crippen molar-refractivity contribution in [1.82, 2.24) is 25.4 Å². The molecular weight excluding hydrogens is 653 g/mol. The summed E-state index contributed by atoms with van der Waals surface area (Å²) in [6.07, 6.45) is 9.75. The summed E-state index contributed by atoms with van der Waals surface area (Å²) in [6, 6.07) is -0.0740. The number of aliphatic imine (C=N–C) groups is 1. The van der Waals surface area contributed by atoms with Gasteiger partial charge in [-0.15, -0.1) is 0 Å². The van der Waals surface area contributed by atoms with Crippen molar-refractivity contribution in [2.24, 2.45) is 67.6 Å². The Labute approximate surface area is 312 Å². The van der Waals surface area contributed by atoms with E-state index >= 15 is 0 Å². The second kappa shape index (κ2) is 12.9. The third-order valence-electron chi connectivity index (χ3n) is 17.2. The van der Waals surface area contributed by atoms with Gasteiger partial charge in [-0.3, -0.25) is 9.79 Å². The number of likely N-dealkylation sites (N-methyl/N-ethyl adjacent to an activating group) is 1. The number of aromatic nitrogens is 3. The largest absolute Gasteiger partial charge is 0.481 e. The van der Waals surface area contributed by atoms with E-state index in [1.807, 2.05) is 7.05 Å². The first kappa shape index (κ1) is 38.0. The second-order valence-electron chi connectivity index (χ2n) is 19.9. The van der Waals surface area contributed by atoms with Gasteiger partial charge in [0.1, 0.15) is 6.33 Å². The third kappa shape index (κ3) is 5.18. The maximum absolute atomic E-state index is 13.6. The highest BCUT2D eigenvalue weighted by Gasteiger charge is 2.73. The average molecular weight is 721 g/mol. The van der Waals surface area contributed by atoms with E-state index in [2.05, 4.69) is 90.6 Å². The van der Waals surface area contributed by atoms with E-state index in [4.69, 9.17) is 24.5 Å². The Kier molecular flexibility index (Phi) is 9.42. The number of allylic oxidation sites excluding steroid dienone is 1. The zero-order chi connectivity index (χ0) is 37.6. The van der Waals surface area contributed by atoms with Crippen LogP contribution in [0.25, 0.3) is 0 Å². The maximum atomic E-state index is 13.6. The number of fused-ring (bicyclic) bond motifs is 3. The predicted molar refractivity (Wildman–Crippen MR) is 204 cm³/mol. The van der Waals surface area contributed by atoms with Gasteiger partial charge in [-0.05, 0) is 104 Å². The number of nitrogens with one attached hydrogen (secondary N) is 2. The first-order chi connectivity index (χ1) is 24.4. The van der Waals surface area contributed by atoms with Crippen molar-refractivity contribution in [2.45, 2.75) is 125 Å². The topological polar surface area (TPSA) is 123 Å². The van der Waals surface area contributed by atoms with Crippen LogP contribution >= 0.6 is 0 Å². The van der Waals surface area contributed by atoms with Crippen molar-refractivity contribution < 1.29 is 19.4 Å². The van der Waals surface area contributed by atoms with E-state index in [0.717, 1.165) is 63.3 Å². The normalized spacial score (nSPS) is 43.1. The highest BCUT2D eigenvalue weighted by atomic mass is 16.5. The molecule has 1 aromatic heterocycles. The van der Waals surface area contributed by atoms with Gasteiger partial charge < -0.3 is 25.2 Å². The maximum Gasteiger partial charge on any atom is 0.307 e. The number of amidine groups is 1. The van der Waals surface area contributed by atoms with Crippen LogP contribution in [0, 0.1) is 62.6 Å². The first-order valence-electron chi connectivity index (χ1n) is 20.4. The highest BCUT2D eigenvalue weighted by Crippen LogP contribution is 2.75. The van der Waals surface area contributed by atoms with Gasteiger partial charge >= 0.3 is 5.97 Å². The average Bonchev–Trinajstić information content (AvgIpc) is 3.80. The molecule has 52 heavy (non-hydrogen) atoms. The van der Waals surface area contributed by atoms with E-state index in [1.54, 1.807) is 6.33 Å². The lowest BCUT2D eigenvalue weighted by atomic mass is 9.34. The minimum absolute atomic E-state index is 0.0740. The summed E-state index contributed by atoms with van der Waals surface area (Å²) in [6.45, 7) is 26.6. The van der Waals surface area contributed by atoms with Gasteiger partial charge in [0, 0.05) is 17.5 Å². The number of hydrogen-bond donors (Lipinski definition) is 3. The molecule has 3 N–H and O–H groups in total. The van der Waals surface area contributed by atoms with Crippen LogP contribution in [0.15, 0.2) is 23.0 Å². The van der Waals surface area contributed by atoms with Crippen LogP contribution in [-0.4, -0.2) is 83.3 Å². The number of aliphatic carboxylic acids is 1. The van der Waals surface area contributed by atoms with Gasteiger partial charge in [0.05, 0.1) is 44.4 Å². The van der Waals surface area contributed by atoms with E-state index in [1.165, 1.54) is 5.57 Å². The van der Waals surface area contributed by atoms with Gasteiger partial charge in [-0.2, -0.15) is 5.10 Å². The Bertz CT molecular complexity index is 1610. The molecule has 4 fully saturated rings. The van der Waals surface area contributed by atoms with Crippen LogP contribution in [0.2, 0.25) is 0 Å². The summed E-state index contributed by atoms with van der Waals surface area (Å²) in [5.41, 5.74) is -0.0712. The van der Waals surface area contributed by atoms with Crippen molar-refractivity contribution in [2.75, 3.05) is 40.0 Å². The van der Waals surface area contributed by atoms with Crippen LogP contribution in [0.1, 0.15) is 120 Å². The summed E-state index contributed by atoms with van der Waals surface area (Å²) in [5.74, 6) is 2.24. The Balaban J connectivity index is 1.40. The van der Waals surface area contributed by atoms with Crippen LogP contribution in [0.4, 0.5) is 0 Å². The molecule has 2 bridgehead atoms. The van der Waals surface area contributed by atoms with E-state index in [-0.39, 0.29) is 50.7 Å². The van der Waals surface area contributed by atoms with Crippen molar-refractivity contribution in [3.05, 3.63) is 23.8 Å². The highest BCUT2D eigenvalue weighted by molar-refractivity contribution is 5.96. The lowest BCUT2D eigenvalue weighted by Gasteiger charge is -2.71. The molecule has 6 aliphatic rings. The van der Waals surface area contributed by atoms with Gasteiger partial charge in [0.2, 0.25) is 0 Å². The Morgan fingerprint density at radius 2 is 1.88 bits per heavy atom. The standard InChI is InChI=1S/C42H68N6O4/c1-25(2)27(5)38(7)16-17-39(8)28-12-13-31-37(6)20-30(48-35(46-24-47-48)34-44-18-19-45-34)33(52-22-41(10,43-11)26(3)4)42(31,23-51-21-37)29(28)14-15-40(39,9)32(38)36(49)50/h14,24-28,30-33,43H,12-13,15-23H2,1-11H3,(H,44,45)(H,49,50)/t27-,28+,30-,31-,32-,33+,37-,38-,39-,40+,41+,42+/m1/s1. The van der Waals surface area contributed by atoms with Gasteiger partial charge in [0.25, 0.3) is 0 Å². The molecule has 12 atom stereocenters. The quantitative estimate of drug-likeness (QED) is 0.226. The Morgan fingerprint density at radius 1 is 1.13 bits per heavy atom. The zero-order valence-corrected chi connectivity index (χ0v) is 34.0. The monoisotopic (exact) mass is 721 g/mol. The van der Waals surface area contributed by atoms with Gasteiger partial charge in [0.15, 0.2) is 11.7 Å². The molecule has 0 spiro atoms. The molecule has 10 heteroatoms. The first-order valence-corrected chi connectivity index (χ1v) is 20.4. The second-order valence-corrected chi connectivity index (χ2v) is 19.9. The van der Waals surface area contributed by atoms with Crippen LogP contribution in [0.5, 0.6) is 0 Å². The summed E-state index contributed by atoms with van der Waals surface area (Å²) in [5, 5.41) is 23.2. The number of carboxylic acid groups (broad SMARTS) is 1. The fourth-order valence-electron chi connectivity index (χ4n) is 13.1. The SMILES string of the molecule is CN[C@@](C)(CO[C@H]1[C@H](n2ncnc2C2=NCCN2)C[C@]2(C)COC[C@@]13C1=CC[C@@]4(C)[C@H](C(=O)O)[C@@](C)([C@H](C)C(C)C)CC[C@]4(C)[C@H]1CC[C@H]23)C(C)C. The number of carboxylic acids is 1. The summed E-state index contributed by atoms with van der Waals surface area (Å²) in [7, 11) is 2.04. The molecular formula is C42H68N6O4. The molecule has 0 amide bonds. The van der Waals surface area contributed by atoms with E-state index in [9.17, 15) is 9.90 Å². The smallest absolute Gasteiger partial charge is 0.307 e. The molecule has 3 saturated carbocycles. The molecule has 0 unspecified atom stereocenters. The fourth-order valence-corrected chi connectivity index (χ4v) is 13.1. The zero-order valence-electron chi connectivity index (χ0n) is 34.0. The molecule has 290 valence electrons. The minimum Gasteiger partial charge on any atom is -0.481 e. The van der Waals surface area contributed by atoms with Crippen molar-refractivity contribution in [3.63, 3.8) is 0 Å². The van der Waals surface area contributed by atoms with Crippen LogP contribution in [0.3, 0.4) is 0 Å². The predicted octanol–water partition coefficient (Wildman–Crippen LogP) is 6.78. The minimum atomic E-state index is -0.623. The molecule has 1 saturated heterocycles. The molecule has 3 heterocycles. The number of ether oxygens (including phenoxy) is 2. The van der Waals surface area contributed by atoms with Crippen molar-refractivity contribution >= 4 is 11.8 Å². The van der Waals surface area contributed by atoms with E-state index in [0.29, 0.717) is 43.5 Å². The van der Waals surface area contributed by atoms with Crippen molar-refractivity contribution in [3.8, 4) is 0 Å². The molecule has 0 aromatic carbocycles. The van der Waals surface area contributed by atoms with Gasteiger partial charge in [-0.1, -0.05) is 74.0 Å². The van der Waals surface area contributed by atoms with Crippen molar-refractivity contribution in [1.29, 1.82) is 0 Å². The van der Waals surface area contributed by atoms with Crippen LogP contribution < -0.4 is 10.6 Å². The summed E-state index contributed by atoms with van der Waals surface area (Å²) >= 11 is 0. The number of hydrogen-bond acceptors (Lipinski definition) is 8. The number of carbonyl (C=O) groups is 1. The molecule has 2 aliphatic heterocycles. The van der Waals surface area contributed by atoms with E-state index < -0.39 is 11.9 Å². The molecule has 1 aromatic rings. The molecule has 10 nitrogen and oxygen atoms in total. The number of rotatable bonds is 10. The fraction of sp³-hybridized carbons (Fsp3) is 0.857. The molecule has 4 aliphatic carbocycles. The lowest BCUT2D eigenvalue weighted by molar-refractivity contribution is -0.255. The lowest BCUT2D eigenvalue weighted by Crippen LogP contribution is -2.70.